The Morgan fingerprint density at radius 2 is 2.00 bits per heavy atom. The molecular formula is C14H10F2N4O. The molecule has 1 amide bonds. The normalized spacial score (nSPS) is 11.5. The molecule has 5 nitrogen and oxygen atoms in total. The van der Waals surface area contributed by atoms with E-state index in [1.54, 1.807) is 13.0 Å². The zero-order valence-electron chi connectivity index (χ0n) is 11.0. The first-order chi connectivity index (χ1) is 10.0. The smallest absolute Gasteiger partial charge is 0.273 e. The fourth-order valence-electron chi connectivity index (χ4n) is 1.72. The van der Waals surface area contributed by atoms with E-state index in [-0.39, 0.29) is 11.4 Å². The molecular weight excluding hydrogens is 278 g/mol. The molecule has 0 saturated heterocycles. The van der Waals surface area contributed by atoms with Crippen LogP contribution in [0, 0.1) is 23.0 Å². The average Bonchev–Trinajstić information content (AvgIpc) is 2.49. The van der Waals surface area contributed by atoms with Gasteiger partial charge < -0.3 is 5.32 Å². The number of carbonyl (C=O) groups excluding carboxylic acids is 1. The highest BCUT2D eigenvalue weighted by Gasteiger charge is 2.17. The van der Waals surface area contributed by atoms with E-state index in [0.29, 0.717) is 5.56 Å². The predicted molar refractivity (Wildman–Crippen MR) is 69.0 cm³/mol. The molecule has 0 aliphatic heterocycles. The minimum absolute atomic E-state index is 0.104. The second-order valence-corrected chi connectivity index (χ2v) is 4.23. The van der Waals surface area contributed by atoms with Gasteiger partial charge in [-0.15, -0.1) is 0 Å². The lowest BCUT2D eigenvalue weighted by molar-refractivity contribution is 0.0934. The highest BCUT2D eigenvalue weighted by atomic mass is 19.2. The summed E-state index contributed by atoms with van der Waals surface area (Å²) in [5.41, 5.74) is 0.173. The first-order valence-electron chi connectivity index (χ1n) is 6.00. The summed E-state index contributed by atoms with van der Waals surface area (Å²) in [7, 11) is 0. The Bertz CT molecular complexity index is 727. The fourth-order valence-corrected chi connectivity index (χ4v) is 1.72. The van der Waals surface area contributed by atoms with Gasteiger partial charge in [0, 0.05) is 12.4 Å². The number of amides is 1. The molecule has 0 aliphatic carbocycles. The molecule has 1 N–H and O–H groups in total. The van der Waals surface area contributed by atoms with E-state index in [0.717, 1.165) is 12.1 Å². The Hall–Kier alpha value is -2.88. The zero-order valence-corrected chi connectivity index (χ0v) is 11.0. The number of nitriles is 1. The molecule has 1 aromatic carbocycles. The number of rotatable bonds is 3. The maximum atomic E-state index is 13.2. The highest BCUT2D eigenvalue weighted by Crippen LogP contribution is 2.16. The van der Waals surface area contributed by atoms with Gasteiger partial charge in [0.15, 0.2) is 23.0 Å². The third-order valence-corrected chi connectivity index (χ3v) is 2.81. The number of aromatic nitrogens is 2. The molecule has 2 aromatic rings. The molecule has 0 saturated carbocycles. The van der Waals surface area contributed by atoms with Crippen molar-refractivity contribution in [2.24, 2.45) is 0 Å². The van der Waals surface area contributed by atoms with Crippen molar-refractivity contribution >= 4 is 5.91 Å². The summed E-state index contributed by atoms with van der Waals surface area (Å²) in [6.45, 7) is 1.60. The van der Waals surface area contributed by atoms with E-state index in [1.807, 2.05) is 0 Å². The minimum Gasteiger partial charge on any atom is -0.344 e. The van der Waals surface area contributed by atoms with Gasteiger partial charge >= 0.3 is 0 Å². The molecule has 1 heterocycles. The van der Waals surface area contributed by atoms with Gasteiger partial charge in [0.1, 0.15) is 6.07 Å². The summed E-state index contributed by atoms with van der Waals surface area (Å²) < 4.78 is 26.0. The zero-order chi connectivity index (χ0) is 15.4. The maximum absolute atomic E-state index is 13.2. The van der Waals surface area contributed by atoms with Gasteiger partial charge in [-0.1, -0.05) is 6.07 Å². The Morgan fingerprint density at radius 3 is 2.67 bits per heavy atom. The first-order valence-corrected chi connectivity index (χ1v) is 6.00. The van der Waals surface area contributed by atoms with E-state index in [2.05, 4.69) is 15.3 Å². The molecule has 0 radical (unpaired) electrons. The summed E-state index contributed by atoms with van der Waals surface area (Å²) in [5.74, 6) is -2.57. The van der Waals surface area contributed by atoms with Gasteiger partial charge in [0.2, 0.25) is 0 Å². The summed E-state index contributed by atoms with van der Waals surface area (Å²) in [6, 6.07) is 4.53. The third kappa shape index (κ3) is 3.17. The second kappa shape index (κ2) is 6.05. The summed E-state index contributed by atoms with van der Waals surface area (Å²) >= 11 is 0. The largest absolute Gasteiger partial charge is 0.344 e. The first kappa shape index (κ1) is 14.5. The van der Waals surface area contributed by atoms with E-state index >= 15 is 0 Å². The van der Waals surface area contributed by atoms with Crippen LogP contribution in [-0.4, -0.2) is 15.9 Å². The molecule has 0 unspecified atom stereocenters. The van der Waals surface area contributed by atoms with Crippen molar-refractivity contribution in [3.8, 4) is 6.07 Å². The van der Waals surface area contributed by atoms with Gasteiger partial charge in [-0.25, -0.2) is 18.7 Å². The van der Waals surface area contributed by atoms with Crippen LogP contribution < -0.4 is 5.32 Å². The van der Waals surface area contributed by atoms with Crippen LogP contribution in [0.4, 0.5) is 8.78 Å². The number of halogens is 2. The fraction of sp³-hybridized carbons (Fsp3) is 0.143. The van der Waals surface area contributed by atoms with Crippen molar-refractivity contribution in [1.82, 2.24) is 15.3 Å². The minimum atomic E-state index is -0.995. The van der Waals surface area contributed by atoms with Gasteiger partial charge in [-0.2, -0.15) is 5.26 Å². The number of hydrogen-bond acceptors (Lipinski definition) is 4. The van der Waals surface area contributed by atoms with Crippen molar-refractivity contribution in [2.45, 2.75) is 13.0 Å². The van der Waals surface area contributed by atoms with Crippen LogP contribution in [0.15, 0.2) is 30.6 Å². The monoisotopic (exact) mass is 288 g/mol. The molecule has 0 aliphatic rings. The van der Waals surface area contributed by atoms with E-state index in [4.69, 9.17) is 5.26 Å². The van der Waals surface area contributed by atoms with Crippen LogP contribution >= 0.6 is 0 Å². The van der Waals surface area contributed by atoms with Gasteiger partial charge in [0.25, 0.3) is 5.91 Å². The lowest BCUT2D eigenvalue weighted by Gasteiger charge is -2.14. The van der Waals surface area contributed by atoms with Crippen LogP contribution in [-0.2, 0) is 0 Å². The quantitative estimate of drug-likeness (QED) is 0.938. The number of hydrogen-bond donors (Lipinski definition) is 1. The Kier molecular flexibility index (Phi) is 4.18. The number of carbonyl (C=O) groups is 1. The van der Waals surface area contributed by atoms with Crippen LogP contribution in [0.3, 0.4) is 0 Å². The van der Waals surface area contributed by atoms with Gasteiger partial charge in [-0.05, 0) is 24.6 Å². The van der Waals surface area contributed by atoms with Crippen molar-refractivity contribution in [3.05, 3.63) is 59.2 Å². The standard InChI is InChI=1S/C14H10F2N4O/c1-8(9-2-3-10(15)11(16)6-9)20-14(21)13-12(7-17)18-4-5-19-13/h2-6,8H,1H3,(H,20,21)/t8-/m0/s1. The van der Waals surface area contributed by atoms with E-state index in [9.17, 15) is 13.6 Å². The number of benzene rings is 1. The lowest BCUT2D eigenvalue weighted by Crippen LogP contribution is -2.28. The second-order valence-electron chi connectivity index (χ2n) is 4.23. The van der Waals surface area contributed by atoms with Crippen LogP contribution in [0.1, 0.15) is 34.7 Å². The molecule has 21 heavy (non-hydrogen) atoms. The summed E-state index contributed by atoms with van der Waals surface area (Å²) in [4.78, 5) is 19.6. The molecule has 1 atom stereocenters. The molecule has 106 valence electrons. The highest BCUT2D eigenvalue weighted by molar-refractivity contribution is 5.94. The van der Waals surface area contributed by atoms with Crippen molar-refractivity contribution in [2.75, 3.05) is 0 Å². The van der Waals surface area contributed by atoms with Crippen molar-refractivity contribution < 1.29 is 13.6 Å². The molecule has 1 aromatic heterocycles. The molecule has 0 spiro atoms. The van der Waals surface area contributed by atoms with Crippen molar-refractivity contribution in [3.63, 3.8) is 0 Å². The predicted octanol–water partition coefficient (Wildman–Crippen LogP) is 2.12. The van der Waals surface area contributed by atoms with E-state index in [1.165, 1.54) is 18.5 Å². The Morgan fingerprint density at radius 1 is 1.29 bits per heavy atom. The van der Waals surface area contributed by atoms with E-state index < -0.39 is 23.6 Å². The Labute approximate surface area is 119 Å². The van der Waals surface area contributed by atoms with Crippen LogP contribution in [0.5, 0.6) is 0 Å². The molecule has 0 fully saturated rings. The van der Waals surface area contributed by atoms with Crippen LogP contribution in [0.25, 0.3) is 0 Å². The van der Waals surface area contributed by atoms with Gasteiger partial charge in [-0.3, -0.25) is 4.79 Å². The molecule has 2 rings (SSSR count). The SMILES string of the molecule is C[C@H](NC(=O)c1nccnc1C#N)c1ccc(F)c(F)c1. The molecule has 0 bridgehead atoms. The topological polar surface area (TPSA) is 78.7 Å². The number of nitrogens with one attached hydrogen (secondary N) is 1. The average molecular weight is 288 g/mol. The molecule has 7 heteroatoms. The third-order valence-electron chi connectivity index (χ3n) is 2.81. The lowest BCUT2D eigenvalue weighted by atomic mass is 10.1. The van der Waals surface area contributed by atoms with Crippen LogP contribution in [0.2, 0.25) is 0 Å². The van der Waals surface area contributed by atoms with Gasteiger partial charge in [0.05, 0.1) is 6.04 Å². The summed E-state index contributed by atoms with van der Waals surface area (Å²) in [5, 5.41) is 11.4. The van der Waals surface area contributed by atoms with Crippen molar-refractivity contribution in [1.29, 1.82) is 5.26 Å². The Balaban J connectivity index is 2.19. The number of nitrogens with zero attached hydrogens (tertiary/aromatic N) is 3. The summed E-state index contributed by atoms with van der Waals surface area (Å²) in [6.07, 6.45) is 2.59. The maximum Gasteiger partial charge on any atom is 0.273 e.